The van der Waals surface area contributed by atoms with Crippen molar-refractivity contribution in [2.75, 3.05) is 26.2 Å². The van der Waals surface area contributed by atoms with Gasteiger partial charge in [0.25, 0.3) is 0 Å². The highest BCUT2D eigenvalue weighted by Crippen LogP contribution is 2.17. The van der Waals surface area contributed by atoms with Gasteiger partial charge in [-0.15, -0.1) is 0 Å². The van der Waals surface area contributed by atoms with Crippen molar-refractivity contribution >= 4 is 0 Å². The largest absolute Gasteiger partial charge is 1.00 e. The molecule has 0 N–H and O–H groups in total. The van der Waals surface area contributed by atoms with Gasteiger partial charge in [0.2, 0.25) is 0 Å². The zero-order valence-electron chi connectivity index (χ0n) is 14.7. The van der Waals surface area contributed by atoms with Crippen molar-refractivity contribution in [3.05, 3.63) is 0 Å². The van der Waals surface area contributed by atoms with Crippen LogP contribution in [0.4, 0.5) is 0 Å². The molecule has 0 atom stereocenters. The molecule has 0 saturated heterocycles. The molecule has 0 aliphatic rings. The van der Waals surface area contributed by atoms with Gasteiger partial charge in [0.05, 0.1) is 26.2 Å². The lowest BCUT2D eigenvalue weighted by molar-refractivity contribution is -0.929. The molecule has 0 heterocycles. The smallest absolute Gasteiger partial charge is 0.0786 e. The Bertz CT molecular complexity index is 156. The molecule has 0 aromatic carbocycles. The van der Waals surface area contributed by atoms with E-state index in [2.05, 4.69) is 27.7 Å². The van der Waals surface area contributed by atoms with E-state index in [4.69, 9.17) is 0 Å². The van der Waals surface area contributed by atoms with Gasteiger partial charge in [-0.05, 0) is 44.9 Å². The Hall–Kier alpha value is 0.690. The molecule has 0 aliphatic carbocycles. The summed E-state index contributed by atoms with van der Waals surface area (Å²) in [5.74, 6) is 0. The maximum atomic E-state index is 2.37. The zero-order chi connectivity index (χ0) is 14.4. The number of halogens is 1. The van der Waals surface area contributed by atoms with Crippen LogP contribution in [0.25, 0.3) is 0 Å². The van der Waals surface area contributed by atoms with E-state index in [9.17, 15) is 0 Å². The lowest BCUT2D eigenvalue weighted by atomic mass is 10.1. The van der Waals surface area contributed by atoms with E-state index < -0.39 is 0 Å². The molecule has 0 aromatic rings. The number of quaternary nitrogens is 1. The molecule has 1 nitrogen and oxygen atoms in total. The fourth-order valence-corrected chi connectivity index (χ4v) is 3.24. The van der Waals surface area contributed by atoms with Gasteiger partial charge in [0, 0.05) is 0 Å². The van der Waals surface area contributed by atoms with E-state index in [1.165, 1.54) is 94.9 Å². The molecule has 20 heavy (non-hydrogen) atoms. The molecule has 0 amide bonds. The summed E-state index contributed by atoms with van der Waals surface area (Å²) in [7, 11) is 0. The summed E-state index contributed by atoms with van der Waals surface area (Å²) >= 11 is 0. The van der Waals surface area contributed by atoms with Crippen LogP contribution < -0.4 is 24.0 Å². The highest BCUT2D eigenvalue weighted by molar-refractivity contribution is 4.50. The lowest BCUT2D eigenvalue weighted by Crippen LogP contribution is -3.00. The molecule has 0 rings (SSSR count). The first-order valence-electron chi connectivity index (χ1n) is 9.09. The maximum absolute atomic E-state index is 2.37. The average molecular weight is 397 g/mol. The normalized spacial score (nSPS) is 11.4. The Morgan fingerprint density at radius 1 is 0.450 bits per heavy atom. The van der Waals surface area contributed by atoms with Crippen molar-refractivity contribution in [2.24, 2.45) is 0 Å². The first-order chi connectivity index (χ1) is 9.24. The summed E-state index contributed by atoms with van der Waals surface area (Å²) in [6.45, 7) is 15.1. The van der Waals surface area contributed by atoms with E-state index in [0.717, 1.165) is 0 Å². The number of hydrogen-bond donors (Lipinski definition) is 0. The van der Waals surface area contributed by atoms with Crippen molar-refractivity contribution in [3.8, 4) is 0 Å². The van der Waals surface area contributed by atoms with Crippen LogP contribution >= 0.6 is 0 Å². The van der Waals surface area contributed by atoms with Crippen LogP contribution in [0.5, 0.6) is 0 Å². The number of hydrogen-bond acceptors (Lipinski definition) is 0. The van der Waals surface area contributed by atoms with Crippen molar-refractivity contribution in [2.45, 2.75) is 91.9 Å². The van der Waals surface area contributed by atoms with E-state index >= 15 is 0 Å². The summed E-state index contributed by atoms with van der Waals surface area (Å²) in [4.78, 5) is 0. The molecule has 0 spiro atoms. The highest BCUT2D eigenvalue weighted by atomic mass is 127. The van der Waals surface area contributed by atoms with Crippen LogP contribution in [0, 0.1) is 0 Å². The Labute approximate surface area is 146 Å². The molecule has 0 aliphatic heterocycles. The second-order valence-electron chi connectivity index (χ2n) is 6.36. The van der Waals surface area contributed by atoms with Gasteiger partial charge in [-0.1, -0.05) is 47.0 Å². The molecule has 124 valence electrons. The Balaban J connectivity index is 0. The van der Waals surface area contributed by atoms with Crippen molar-refractivity contribution in [1.82, 2.24) is 0 Å². The molecular weight excluding hydrogens is 357 g/mol. The van der Waals surface area contributed by atoms with Crippen LogP contribution in [0.1, 0.15) is 91.9 Å². The van der Waals surface area contributed by atoms with Crippen LogP contribution in [-0.4, -0.2) is 30.7 Å². The van der Waals surface area contributed by atoms with E-state index in [1.54, 1.807) is 0 Å². The second-order valence-corrected chi connectivity index (χ2v) is 6.36. The molecule has 0 bridgehead atoms. The zero-order valence-corrected chi connectivity index (χ0v) is 16.9. The van der Waals surface area contributed by atoms with E-state index in [-0.39, 0.29) is 24.0 Å². The number of nitrogens with zero attached hydrogens (tertiary/aromatic N) is 1. The minimum Gasteiger partial charge on any atom is -1.00 e. The summed E-state index contributed by atoms with van der Waals surface area (Å²) < 4.78 is 1.43. The summed E-state index contributed by atoms with van der Waals surface area (Å²) in [5.41, 5.74) is 0. The van der Waals surface area contributed by atoms with Gasteiger partial charge in [0.1, 0.15) is 0 Å². The number of rotatable bonds is 14. The van der Waals surface area contributed by atoms with Crippen molar-refractivity contribution in [3.63, 3.8) is 0 Å². The molecular formula is C18H40IN. The molecule has 0 fully saturated rings. The SMILES string of the molecule is CCCCC[N+](CCC)(CCCCC)CCCCC.[I-]. The standard InChI is InChI=1S/C18H40N.HI/c1-5-9-12-16-19(15-8-4,17-13-10-6-2)18-14-11-7-3;/h5-18H2,1-4H3;1H/q+1;/p-1. The number of unbranched alkanes of at least 4 members (excludes halogenated alkanes) is 6. The van der Waals surface area contributed by atoms with Crippen LogP contribution in [-0.2, 0) is 0 Å². The van der Waals surface area contributed by atoms with Crippen LogP contribution in [0.15, 0.2) is 0 Å². The molecule has 0 saturated carbocycles. The summed E-state index contributed by atoms with van der Waals surface area (Å²) in [6.07, 6.45) is 14.0. The first-order valence-corrected chi connectivity index (χ1v) is 9.09. The maximum Gasteiger partial charge on any atom is 0.0786 e. The van der Waals surface area contributed by atoms with Gasteiger partial charge >= 0.3 is 0 Å². The second kappa shape index (κ2) is 16.1. The van der Waals surface area contributed by atoms with E-state index in [0.29, 0.717) is 0 Å². The average Bonchev–Trinajstić information content (AvgIpc) is 2.40. The third-order valence-corrected chi connectivity index (χ3v) is 4.41. The van der Waals surface area contributed by atoms with Crippen LogP contribution in [0.2, 0.25) is 0 Å². The molecule has 0 aromatic heterocycles. The molecule has 0 radical (unpaired) electrons. The fourth-order valence-electron chi connectivity index (χ4n) is 3.24. The van der Waals surface area contributed by atoms with Gasteiger partial charge in [0.15, 0.2) is 0 Å². The van der Waals surface area contributed by atoms with Crippen LogP contribution in [0.3, 0.4) is 0 Å². The minimum absolute atomic E-state index is 0. The Morgan fingerprint density at radius 3 is 1.05 bits per heavy atom. The quantitative estimate of drug-likeness (QED) is 0.240. The predicted molar refractivity (Wildman–Crippen MR) is 88.6 cm³/mol. The Morgan fingerprint density at radius 2 is 0.800 bits per heavy atom. The molecule has 0 unspecified atom stereocenters. The van der Waals surface area contributed by atoms with E-state index in [1.807, 2.05) is 0 Å². The van der Waals surface area contributed by atoms with Gasteiger partial charge in [-0.2, -0.15) is 0 Å². The third kappa shape index (κ3) is 11.4. The van der Waals surface area contributed by atoms with Gasteiger partial charge < -0.3 is 28.5 Å². The molecule has 2 heteroatoms. The van der Waals surface area contributed by atoms with Crippen molar-refractivity contribution in [1.29, 1.82) is 0 Å². The summed E-state index contributed by atoms with van der Waals surface area (Å²) in [6, 6.07) is 0. The summed E-state index contributed by atoms with van der Waals surface area (Å²) in [5, 5.41) is 0. The monoisotopic (exact) mass is 397 g/mol. The van der Waals surface area contributed by atoms with Gasteiger partial charge in [-0.25, -0.2) is 0 Å². The topological polar surface area (TPSA) is 0 Å². The lowest BCUT2D eigenvalue weighted by Gasteiger charge is -2.39. The van der Waals surface area contributed by atoms with Crippen molar-refractivity contribution < 1.29 is 28.5 Å². The Kier molecular flexibility index (Phi) is 18.4. The first kappa shape index (κ1) is 23.0. The minimum atomic E-state index is 0. The fraction of sp³-hybridized carbons (Fsp3) is 1.00. The highest BCUT2D eigenvalue weighted by Gasteiger charge is 2.24. The predicted octanol–water partition coefficient (Wildman–Crippen LogP) is 2.79. The third-order valence-electron chi connectivity index (χ3n) is 4.41. The van der Waals surface area contributed by atoms with Gasteiger partial charge in [-0.3, -0.25) is 0 Å².